The number of fused-ring (bicyclic) bond motifs is 1. The first-order chi connectivity index (χ1) is 7.27. The lowest BCUT2D eigenvalue weighted by atomic mass is 10.1. The number of hydrogen-bond acceptors (Lipinski definition) is 2. The highest BCUT2D eigenvalue weighted by Gasteiger charge is 2.08. The minimum Gasteiger partial charge on any atom is -0.352 e. The summed E-state index contributed by atoms with van der Waals surface area (Å²) in [6.45, 7) is 3.10. The van der Waals surface area contributed by atoms with Gasteiger partial charge in [-0.2, -0.15) is 5.10 Å². The van der Waals surface area contributed by atoms with Crippen LogP contribution in [0.2, 0.25) is 0 Å². The van der Waals surface area contributed by atoms with E-state index in [-0.39, 0.29) is 5.56 Å². The third-order valence-corrected chi connectivity index (χ3v) is 2.48. The Morgan fingerprint density at radius 2 is 2.00 bits per heavy atom. The first kappa shape index (κ1) is 9.86. The van der Waals surface area contributed by atoms with Crippen molar-refractivity contribution >= 4 is 10.8 Å². The van der Waals surface area contributed by atoms with Crippen molar-refractivity contribution in [3.05, 3.63) is 40.3 Å². The van der Waals surface area contributed by atoms with Crippen molar-refractivity contribution in [3.63, 3.8) is 0 Å². The molecule has 4 heteroatoms. The lowest BCUT2D eigenvalue weighted by Gasteiger charge is -2.06. The van der Waals surface area contributed by atoms with Gasteiger partial charge in [0.1, 0.15) is 12.2 Å². The topological polar surface area (TPSA) is 62.5 Å². The van der Waals surface area contributed by atoms with Gasteiger partial charge < -0.3 is 5.73 Å². The van der Waals surface area contributed by atoms with Gasteiger partial charge in [0.15, 0.2) is 0 Å². The second kappa shape index (κ2) is 3.82. The molecule has 0 amide bonds. The SMILES string of the molecule is CCn1nc(C[NH3+])c2ccccc2c1=O. The van der Waals surface area contributed by atoms with Crippen LogP contribution in [0.3, 0.4) is 0 Å². The third kappa shape index (κ3) is 1.53. The third-order valence-electron chi connectivity index (χ3n) is 2.48. The van der Waals surface area contributed by atoms with Crippen LogP contribution in [0.25, 0.3) is 10.8 Å². The molecule has 3 N–H and O–H groups in total. The zero-order valence-corrected chi connectivity index (χ0v) is 8.73. The van der Waals surface area contributed by atoms with E-state index in [1.54, 1.807) is 0 Å². The standard InChI is InChI=1S/C11H13N3O/c1-2-14-11(15)9-6-4-3-5-8(9)10(7-12)13-14/h3-6H,2,7,12H2,1H3/p+1. The first-order valence-electron chi connectivity index (χ1n) is 5.06. The Labute approximate surface area is 87.3 Å². The van der Waals surface area contributed by atoms with Crippen molar-refractivity contribution in [3.8, 4) is 0 Å². The molecule has 0 fully saturated rings. The van der Waals surface area contributed by atoms with E-state index < -0.39 is 0 Å². The van der Waals surface area contributed by atoms with E-state index >= 15 is 0 Å². The summed E-state index contributed by atoms with van der Waals surface area (Å²) in [5, 5.41) is 5.93. The fraction of sp³-hybridized carbons (Fsp3) is 0.273. The average molecular weight is 204 g/mol. The van der Waals surface area contributed by atoms with E-state index in [1.807, 2.05) is 31.2 Å². The molecule has 0 spiro atoms. The van der Waals surface area contributed by atoms with Gasteiger partial charge in [0.05, 0.1) is 5.39 Å². The van der Waals surface area contributed by atoms with Crippen molar-refractivity contribution in [2.75, 3.05) is 0 Å². The predicted molar refractivity (Wildman–Crippen MR) is 58.3 cm³/mol. The fourth-order valence-corrected chi connectivity index (χ4v) is 1.70. The highest BCUT2D eigenvalue weighted by Crippen LogP contribution is 2.11. The number of aryl methyl sites for hydroxylation is 1. The van der Waals surface area contributed by atoms with Gasteiger partial charge in [0.2, 0.25) is 0 Å². The van der Waals surface area contributed by atoms with E-state index in [1.165, 1.54) is 4.68 Å². The Balaban J connectivity index is 2.90. The van der Waals surface area contributed by atoms with Gasteiger partial charge in [0.25, 0.3) is 5.56 Å². The molecule has 0 bridgehead atoms. The smallest absolute Gasteiger partial charge is 0.274 e. The van der Waals surface area contributed by atoms with Crippen molar-refractivity contribution < 1.29 is 5.73 Å². The number of hydrogen-bond donors (Lipinski definition) is 1. The van der Waals surface area contributed by atoms with Crippen LogP contribution in [0.5, 0.6) is 0 Å². The lowest BCUT2D eigenvalue weighted by Crippen LogP contribution is -2.48. The van der Waals surface area contributed by atoms with Gasteiger partial charge >= 0.3 is 0 Å². The fourth-order valence-electron chi connectivity index (χ4n) is 1.70. The minimum atomic E-state index is -0.0229. The summed E-state index contributed by atoms with van der Waals surface area (Å²) in [5.74, 6) is 0. The molecule has 0 aliphatic rings. The molecule has 0 aliphatic carbocycles. The van der Waals surface area contributed by atoms with Crippen molar-refractivity contribution in [1.82, 2.24) is 9.78 Å². The predicted octanol–water partition coefficient (Wildman–Crippen LogP) is 0.158. The van der Waals surface area contributed by atoms with E-state index in [0.29, 0.717) is 13.1 Å². The molecule has 15 heavy (non-hydrogen) atoms. The van der Waals surface area contributed by atoms with Crippen LogP contribution in [0, 0.1) is 0 Å². The van der Waals surface area contributed by atoms with Crippen LogP contribution >= 0.6 is 0 Å². The van der Waals surface area contributed by atoms with Gasteiger partial charge in [-0.05, 0) is 13.0 Å². The molecular formula is C11H14N3O+. The highest BCUT2D eigenvalue weighted by atomic mass is 16.1. The van der Waals surface area contributed by atoms with E-state index in [0.717, 1.165) is 16.5 Å². The highest BCUT2D eigenvalue weighted by molar-refractivity contribution is 5.83. The molecule has 0 aliphatic heterocycles. The minimum absolute atomic E-state index is 0.0229. The summed E-state index contributed by atoms with van der Waals surface area (Å²) in [5.41, 5.74) is 4.69. The van der Waals surface area contributed by atoms with Gasteiger partial charge in [-0.25, -0.2) is 4.68 Å². The summed E-state index contributed by atoms with van der Waals surface area (Å²) in [6.07, 6.45) is 0. The number of benzene rings is 1. The molecule has 0 saturated heterocycles. The molecule has 78 valence electrons. The molecule has 0 atom stereocenters. The van der Waals surface area contributed by atoms with Crippen LogP contribution < -0.4 is 11.3 Å². The Morgan fingerprint density at radius 3 is 2.60 bits per heavy atom. The van der Waals surface area contributed by atoms with Crippen LogP contribution in [-0.4, -0.2) is 9.78 Å². The molecule has 1 aromatic heterocycles. The average Bonchev–Trinajstić information content (AvgIpc) is 2.30. The quantitative estimate of drug-likeness (QED) is 0.757. The molecule has 0 saturated carbocycles. The van der Waals surface area contributed by atoms with Gasteiger partial charge in [-0.1, -0.05) is 18.2 Å². The normalized spacial score (nSPS) is 10.8. The van der Waals surface area contributed by atoms with Crippen LogP contribution in [0.4, 0.5) is 0 Å². The van der Waals surface area contributed by atoms with Crippen molar-refractivity contribution in [1.29, 1.82) is 0 Å². The van der Waals surface area contributed by atoms with Crippen LogP contribution in [0.1, 0.15) is 12.6 Å². The monoisotopic (exact) mass is 204 g/mol. The molecule has 2 rings (SSSR count). The zero-order chi connectivity index (χ0) is 10.8. The summed E-state index contributed by atoms with van der Waals surface area (Å²) < 4.78 is 1.49. The molecule has 1 aromatic carbocycles. The van der Waals surface area contributed by atoms with Gasteiger partial charge in [0, 0.05) is 11.9 Å². The zero-order valence-electron chi connectivity index (χ0n) is 8.73. The van der Waals surface area contributed by atoms with E-state index in [4.69, 9.17) is 0 Å². The number of nitrogens with zero attached hydrogens (tertiary/aromatic N) is 2. The Morgan fingerprint density at radius 1 is 1.33 bits per heavy atom. The number of rotatable bonds is 2. The molecule has 4 nitrogen and oxygen atoms in total. The second-order valence-corrected chi connectivity index (χ2v) is 3.36. The Bertz CT molecular complexity index is 545. The molecule has 0 radical (unpaired) electrons. The summed E-state index contributed by atoms with van der Waals surface area (Å²) in [4.78, 5) is 11.9. The second-order valence-electron chi connectivity index (χ2n) is 3.36. The van der Waals surface area contributed by atoms with Gasteiger partial charge in [-0.3, -0.25) is 4.79 Å². The largest absolute Gasteiger partial charge is 0.352 e. The van der Waals surface area contributed by atoms with Crippen LogP contribution in [0.15, 0.2) is 29.1 Å². The maximum Gasteiger partial charge on any atom is 0.274 e. The first-order valence-corrected chi connectivity index (χ1v) is 5.06. The summed E-state index contributed by atoms with van der Waals surface area (Å²) in [7, 11) is 0. The van der Waals surface area contributed by atoms with Crippen LogP contribution in [-0.2, 0) is 13.1 Å². The van der Waals surface area contributed by atoms with Crippen molar-refractivity contribution in [2.24, 2.45) is 0 Å². The molecule has 2 aromatic rings. The van der Waals surface area contributed by atoms with E-state index in [2.05, 4.69) is 10.8 Å². The molecule has 1 heterocycles. The van der Waals surface area contributed by atoms with Crippen molar-refractivity contribution in [2.45, 2.75) is 20.0 Å². The lowest BCUT2D eigenvalue weighted by molar-refractivity contribution is -0.387. The number of quaternary nitrogens is 1. The Hall–Kier alpha value is -1.68. The molecule has 0 unspecified atom stereocenters. The number of aromatic nitrogens is 2. The van der Waals surface area contributed by atoms with E-state index in [9.17, 15) is 4.79 Å². The summed E-state index contributed by atoms with van der Waals surface area (Å²) >= 11 is 0. The maximum atomic E-state index is 11.9. The molecular weight excluding hydrogens is 190 g/mol. The summed E-state index contributed by atoms with van der Waals surface area (Å²) in [6, 6.07) is 7.55. The Kier molecular flexibility index (Phi) is 2.51. The van der Waals surface area contributed by atoms with Gasteiger partial charge in [-0.15, -0.1) is 0 Å². The maximum absolute atomic E-state index is 11.9.